The molecule has 0 aliphatic rings. The first-order chi connectivity index (χ1) is 6.72. The monoisotopic (exact) mass is 227 g/mol. The molecule has 1 aromatic carbocycles. The second kappa shape index (κ2) is 5.82. The van der Waals surface area contributed by atoms with Crippen LogP contribution in [0.25, 0.3) is 0 Å². The van der Waals surface area contributed by atoms with Crippen molar-refractivity contribution in [1.29, 1.82) is 0 Å². The molecule has 0 radical (unpaired) electrons. The Morgan fingerprint density at radius 2 is 1.93 bits per heavy atom. The summed E-state index contributed by atoms with van der Waals surface area (Å²) in [4.78, 5) is 3.93. The summed E-state index contributed by atoms with van der Waals surface area (Å²) in [5.41, 5.74) is 12.6. The van der Waals surface area contributed by atoms with Gasteiger partial charge in [-0.2, -0.15) is 0 Å². The van der Waals surface area contributed by atoms with Crippen LogP contribution in [0.15, 0.2) is 29.3 Å². The van der Waals surface area contributed by atoms with Gasteiger partial charge < -0.3 is 11.5 Å². The Kier molecular flexibility index (Phi) is 4.69. The molecule has 0 saturated carbocycles. The smallest absolute Gasteiger partial charge is 0.191 e. The van der Waals surface area contributed by atoms with E-state index >= 15 is 0 Å². The highest BCUT2D eigenvalue weighted by molar-refractivity contribution is 8.68. The number of guanidine groups is 1. The van der Waals surface area contributed by atoms with Gasteiger partial charge >= 0.3 is 0 Å². The molecule has 0 aromatic heterocycles. The average Bonchev–Trinajstić information content (AvgIpc) is 2.16. The quantitative estimate of drug-likeness (QED) is 0.317. The number of nitrogens with two attached hydrogens (primary N) is 2. The summed E-state index contributed by atoms with van der Waals surface area (Å²) in [6.45, 7) is 0. The van der Waals surface area contributed by atoms with Crippen molar-refractivity contribution >= 4 is 34.1 Å². The fraction of sp³-hybridized carbons (Fsp3) is 0.222. The van der Waals surface area contributed by atoms with Crippen LogP contribution in [0.3, 0.4) is 0 Å². The van der Waals surface area contributed by atoms with Gasteiger partial charge in [0.2, 0.25) is 0 Å². The molecule has 14 heavy (non-hydrogen) atoms. The van der Waals surface area contributed by atoms with Crippen molar-refractivity contribution < 1.29 is 0 Å². The number of hydrogen-bond acceptors (Lipinski definition) is 3. The molecule has 0 fully saturated rings. The van der Waals surface area contributed by atoms with Gasteiger partial charge in [0, 0.05) is 5.75 Å². The van der Waals surface area contributed by atoms with Crippen molar-refractivity contribution in [2.45, 2.75) is 6.42 Å². The van der Waals surface area contributed by atoms with Gasteiger partial charge in [-0.3, -0.25) is 0 Å². The van der Waals surface area contributed by atoms with E-state index in [4.69, 9.17) is 11.5 Å². The van der Waals surface area contributed by atoms with Crippen LogP contribution in [0.4, 0.5) is 5.69 Å². The van der Waals surface area contributed by atoms with Crippen molar-refractivity contribution in [2.75, 3.05) is 5.75 Å². The normalized spacial score (nSPS) is 9.79. The molecule has 3 nitrogen and oxygen atoms in total. The first-order valence-corrected chi connectivity index (χ1v) is 6.21. The maximum absolute atomic E-state index is 5.26. The van der Waals surface area contributed by atoms with Gasteiger partial charge in [0.1, 0.15) is 0 Å². The lowest BCUT2D eigenvalue weighted by Crippen LogP contribution is -2.21. The summed E-state index contributed by atoms with van der Waals surface area (Å²) in [5, 5.41) is 0. The van der Waals surface area contributed by atoms with Gasteiger partial charge in [-0.05, 0) is 24.1 Å². The Labute approximate surface area is 92.8 Å². The zero-order valence-corrected chi connectivity index (χ0v) is 9.39. The van der Waals surface area contributed by atoms with E-state index in [1.54, 1.807) is 0 Å². The van der Waals surface area contributed by atoms with E-state index < -0.39 is 0 Å². The molecule has 0 amide bonds. The molecule has 0 heterocycles. The van der Waals surface area contributed by atoms with Crippen molar-refractivity contribution in [3.05, 3.63) is 29.8 Å². The van der Waals surface area contributed by atoms with Crippen molar-refractivity contribution in [3.63, 3.8) is 0 Å². The highest BCUT2D eigenvalue weighted by Gasteiger charge is 1.93. The number of hydrogen-bond donors (Lipinski definition) is 3. The van der Waals surface area contributed by atoms with Gasteiger partial charge in [0.05, 0.1) is 5.69 Å². The van der Waals surface area contributed by atoms with Gasteiger partial charge in [-0.25, -0.2) is 4.99 Å². The number of aliphatic imine (C=N–C) groups is 1. The number of benzene rings is 1. The number of rotatable bonds is 4. The minimum Gasteiger partial charge on any atom is -0.370 e. The van der Waals surface area contributed by atoms with Crippen molar-refractivity contribution in [2.24, 2.45) is 16.5 Å². The van der Waals surface area contributed by atoms with E-state index in [0.29, 0.717) is 0 Å². The molecule has 0 bridgehead atoms. The van der Waals surface area contributed by atoms with E-state index in [-0.39, 0.29) is 5.96 Å². The van der Waals surface area contributed by atoms with Crippen LogP contribution in [0.1, 0.15) is 5.56 Å². The average molecular weight is 227 g/mol. The second-order valence-electron chi connectivity index (χ2n) is 2.79. The van der Waals surface area contributed by atoms with Crippen LogP contribution in [0.5, 0.6) is 0 Å². The third-order valence-corrected chi connectivity index (χ3v) is 2.61. The van der Waals surface area contributed by atoms with E-state index in [2.05, 4.69) is 16.7 Å². The molecular formula is C9H13N3S2. The summed E-state index contributed by atoms with van der Waals surface area (Å²) in [5.74, 6) is 1.09. The topological polar surface area (TPSA) is 64.4 Å². The highest BCUT2D eigenvalue weighted by atomic mass is 33.1. The number of aryl methyl sites for hydroxylation is 1. The first kappa shape index (κ1) is 11.3. The van der Waals surface area contributed by atoms with Crippen LogP contribution in [0.2, 0.25) is 0 Å². The van der Waals surface area contributed by atoms with Crippen LogP contribution in [0, 0.1) is 0 Å². The maximum atomic E-state index is 5.26. The zero-order chi connectivity index (χ0) is 10.4. The highest BCUT2D eigenvalue weighted by Crippen LogP contribution is 2.15. The lowest BCUT2D eigenvalue weighted by molar-refractivity contribution is 1.16. The third-order valence-electron chi connectivity index (χ3n) is 1.68. The SMILES string of the molecule is NC(N)=Nc1ccc(CCSS)cc1. The lowest BCUT2D eigenvalue weighted by atomic mass is 10.1. The Bertz CT molecular complexity index is 304. The summed E-state index contributed by atoms with van der Waals surface area (Å²) >= 11 is 4.08. The molecule has 5 heteroatoms. The van der Waals surface area contributed by atoms with Crippen LogP contribution < -0.4 is 11.5 Å². The van der Waals surface area contributed by atoms with Gasteiger partial charge in [-0.1, -0.05) is 22.9 Å². The Morgan fingerprint density at radius 1 is 1.29 bits per heavy atom. The largest absolute Gasteiger partial charge is 0.370 e. The Morgan fingerprint density at radius 3 is 2.43 bits per heavy atom. The molecular weight excluding hydrogens is 214 g/mol. The first-order valence-electron chi connectivity index (χ1n) is 4.17. The van der Waals surface area contributed by atoms with Crippen LogP contribution in [-0.2, 0) is 6.42 Å². The molecule has 0 aliphatic carbocycles. The predicted octanol–water partition coefficient (Wildman–Crippen LogP) is 1.71. The molecule has 0 spiro atoms. The van der Waals surface area contributed by atoms with Crippen molar-refractivity contribution in [3.8, 4) is 0 Å². The van der Waals surface area contributed by atoms with Crippen LogP contribution in [-0.4, -0.2) is 11.7 Å². The summed E-state index contributed by atoms with van der Waals surface area (Å²) in [6.07, 6.45) is 1.01. The zero-order valence-electron chi connectivity index (χ0n) is 7.68. The van der Waals surface area contributed by atoms with E-state index in [1.165, 1.54) is 16.4 Å². The third kappa shape index (κ3) is 3.93. The standard InChI is InChI=1S/C9H13N3S2/c10-9(11)12-8-3-1-7(2-4-8)5-6-14-13/h1-4,13H,5-6H2,(H4,10,11,12). The molecule has 76 valence electrons. The summed E-state index contributed by atoms with van der Waals surface area (Å²) < 4.78 is 0. The van der Waals surface area contributed by atoms with E-state index in [0.717, 1.165) is 17.9 Å². The minimum atomic E-state index is 0.0867. The lowest BCUT2D eigenvalue weighted by Gasteiger charge is -1.99. The number of thiol groups is 1. The van der Waals surface area contributed by atoms with Gasteiger partial charge in [0.15, 0.2) is 5.96 Å². The molecule has 1 aromatic rings. The molecule has 1 rings (SSSR count). The maximum Gasteiger partial charge on any atom is 0.191 e. The van der Waals surface area contributed by atoms with Gasteiger partial charge in [-0.15, -0.1) is 11.7 Å². The Hall–Kier alpha value is -0.810. The van der Waals surface area contributed by atoms with E-state index in [9.17, 15) is 0 Å². The predicted molar refractivity (Wildman–Crippen MR) is 67.1 cm³/mol. The van der Waals surface area contributed by atoms with Crippen LogP contribution >= 0.6 is 22.5 Å². The van der Waals surface area contributed by atoms with E-state index in [1.807, 2.05) is 24.3 Å². The minimum absolute atomic E-state index is 0.0867. The molecule has 0 unspecified atom stereocenters. The van der Waals surface area contributed by atoms with Gasteiger partial charge in [0.25, 0.3) is 0 Å². The molecule has 4 N–H and O–H groups in total. The Balaban J connectivity index is 2.64. The summed E-state index contributed by atoms with van der Waals surface area (Å²) in [7, 11) is 1.54. The second-order valence-corrected chi connectivity index (χ2v) is 4.23. The molecule has 0 saturated heterocycles. The fourth-order valence-electron chi connectivity index (χ4n) is 1.05. The molecule has 0 atom stereocenters. The number of nitrogens with zero attached hydrogens (tertiary/aromatic N) is 1. The summed E-state index contributed by atoms with van der Waals surface area (Å²) in [6, 6.07) is 7.84. The van der Waals surface area contributed by atoms with Crippen molar-refractivity contribution in [1.82, 2.24) is 0 Å². The fourth-order valence-corrected chi connectivity index (χ4v) is 1.65. The molecule has 0 aliphatic heterocycles.